The monoisotopic (exact) mass is 478 g/mol. The van der Waals surface area contributed by atoms with Crippen molar-refractivity contribution in [1.29, 1.82) is 0 Å². The molecule has 188 valence electrons. The second-order valence-corrected chi connectivity index (χ2v) is 9.39. The first-order chi connectivity index (χ1) is 17.0. The van der Waals surface area contributed by atoms with E-state index >= 15 is 0 Å². The molecule has 0 bridgehead atoms. The van der Waals surface area contributed by atoms with Crippen molar-refractivity contribution in [3.63, 3.8) is 0 Å². The van der Waals surface area contributed by atoms with Gasteiger partial charge in [0, 0.05) is 11.1 Å². The van der Waals surface area contributed by atoms with E-state index < -0.39 is 0 Å². The standard InChI is InChI=1S/C30H39FN2O2/c1-3-5-7-8-9-10-12-14-26-29(34)32-28(33-30(26)35)24-18-16-23(17-19-24)25-20-15-22(21-27(25)31)13-11-6-4-2/h15-21H,3-14H2,1-2H3,(H2,32,33,34,35). The molecule has 0 saturated carbocycles. The van der Waals surface area contributed by atoms with Crippen LogP contribution in [0.4, 0.5) is 4.39 Å². The van der Waals surface area contributed by atoms with Gasteiger partial charge in [-0.05, 0) is 42.9 Å². The molecule has 0 radical (unpaired) electrons. The van der Waals surface area contributed by atoms with Gasteiger partial charge in [-0.3, -0.25) is 0 Å². The summed E-state index contributed by atoms with van der Waals surface area (Å²) in [7, 11) is 0. The SMILES string of the molecule is CCCCCCCCCc1c(O)nc(-c2ccc(-c3ccc(CCCCC)cc3F)cc2)nc1O. The summed E-state index contributed by atoms with van der Waals surface area (Å²) in [6.07, 6.45) is 12.9. The van der Waals surface area contributed by atoms with Gasteiger partial charge >= 0.3 is 0 Å². The smallest absolute Gasteiger partial charge is 0.221 e. The molecule has 0 fully saturated rings. The van der Waals surface area contributed by atoms with Gasteiger partial charge < -0.3 is 10.2 Å². The van der Waals surface area contributed by atoms with E-state index in [0.29, 0.717) is 23.1 Å². The number of nitrogens with zero attached hydrogens (tertiary/aromatic N) is 2. The van der Waals surface area contributed by atoms with Crippen LogP contribution in [0.5, 0.6) is 11.8 Å². The van der Waals surface area contributed by atoms with Crippen molar-refractivity contribution in [2.24, 2.45) is 0 Å². The van der Waals surface area contributed by atoms with Gasteiger partial charge in [-0.15, -0.1) is 0 Å². The molecule has 5 heteroatoms. The molecular weight excluding hydrogens is 439 g/mol. The lowest BCUT2D eigenvalue weighted by atomic mass is 9.99. The van der Waals surface area contributed by atoms with E-state index in [2.05, 4.69) is 23.8 Å². The van der Waals surface area contributed by atoms with E-state index in [1.165, 1.54) is 25.7 Å². The van der Waals surface area contributed by atoms with Crippen LogP contribution in [-0.4, -0.2) is 20.2 Å². The maximum Gasteiger partial charge on any atom is 0.221 e. The number of aromatic hydroxyl groups is 2. The first-order valence-electron chi connectivity index (χ1n) is 13.2. The molecule has 35 heavy (non-hydrogen) atoms. The minimum absolute atomic E-state index is 0.174. The van der Waals surface area contributed by atoms with Crippen molar-refractivity contribution in [1.82, 2.24) is 9.97 Å². The van der Waals surface area contributed by atoms with E-state index in [9.17, 15) is 14.6 Å². The molecule has 3 aromatic rings. The fourth-order valence-electron chi connectivity index (χ4n) is 4.40. The van der Waals surface area contributed by atoms with Crippen LogP contribution in [0.3, 0.4) is 0 Å². The summed E-state index contributed by atoms with van der Waals surface area (Å²) in [5.41, 5.74) is 3.38. The molecule has 4 nitrogen and oxygen atoms in total. The van der Waals surface area contributed by atoms with E-state index in [0.717, 1.165) is 56.1 Å². The number of halogens is 1. The minimum atomic E-state index is -0.229. The number of hydrogen-bond donors (Lipinski definition) is 2. The Bertz CT molecular complexity index is 1040. The lowest BCUT2D eigenvalue weighted by Crippen LogP contribution is -1.97. The van der Waals surface area contributed by atoms with Crippen LogP contribution in [0.25, 0.3) is 22.5 Å². The van der Waals surface area contributed by atoms with Crippen LogP contribution in [0.1, 0.15) is 89.2 Å². The van der Waals surface area contributed by atoms with Gasteiger partial charge in [0.05, 0.1) is 5.56 Å². The fraction of sp³-hybridized carbons (Fsp3) is 0.467. The van der Waals surface area contributed by atoms with Crippen molar-refractivity contribution in [2.75, 3.05) is 0 Å². The van der Waals surface area contributed by atoms with Crippen molar-refractivity contribution in [3.05, 3.63) is 59.4 Å². The molecule has 1 heterocycles. The molecule has 0 amide bonds. The normalized spacial score (nSPS) is 11.2. The second kappa shape index (κ2) is 13.8. The van der Waals surface area contributed by atoms with Crippen LogP contribution >= 0.6 is 0 Å². The van der Waals surface area contributed by atoms with Crippen LogP contribution < -0.4 is 0 Å². The maximum absolute atomic E-state index is 14.7. The minimum Gasteiger partial charge on any atom is -0.493 e. The molecular formula is C30H39FN2O2. The quantitative estimate of drug-likeness (QED) is 0.228. The molecule has 2 N–H and O–H groups in total. The van der Waals surface area contributed by atoms with Crippen molar-refractivity contribution in [2.45, 2.75) is 90.9 Å². The van der Waals surface area contributed by atoms with Gasteiger partial charge in [-0.1, -0.05) is 102 Å². The summed E-state index contributed by atoms with van der Waals surface area (Å²) in [4.78, 5) is 8.44. The predicted octanol–water partition coefficient (Wildman–Crippen LogP) is 8.39. The largest absolute Gasteiger partial charge is 0.493 e. The van der Waals surface area contributed by atoms with E-state index in [1.54, 1.807) is 18.2 Å². The molecule has 0 aliphatic heterocycles. The van der Waals surface area contributed by atoms with E-state index in [1.807, 2.05) is 24.3 Å². The first-order valence-corrected chi connectivity index (χ1v) is 13.2. The summed E-state index contributed by atoms with van der Waals surface area (Å²) < 4.78 is 14.7. The Hall–Kier alpha value is -2.95. The highest BCUT2D eigenvalue weighted by Crippen LogP contribution is 2.31. The molecule has 1 aromatic heterocycles. The lowest BCUT2D eigenvalue weighted by Gasteiger charge is -2.10. The molecule has 2 aromatic carbocycles. The van der Waals surface area contributed by atoms with Gasteiger partial charge in [0.2, 0.25) is 11.8 Å². The number of rotatable bonds is 14. The Morgan fingerprint density at radius 3 is 1.83 bits per heavy atom. The van der Waals surface area contributed by atoms with E-state index in [4.69, 9.17) is 0 Å². The van der Waals surface area contributed by atoms with E-state index in [-0.39, 0.29) is 23.4 Å². The van der Waals surface area contributed by atoms with Crippen molar-refractivity contribution >= 4 is 0 Å². The number of unbranched alkanes of at least 4 members (excludes halogenated alkanes) is 8. The van der Waals surface area contributed by atoms with Crippen LogP contribution in [0.15, 0.2) is 42.5 Å². The molecule has 3 rings (SSSR count). The Morgan fingerprint density at radius 1 is 0.657 bits per heavy atom. The van der Waals surface area contributed by atoms with Crippen LogP contribution in [-0.2, 0) is 12.8 Å². The average molecular weight is 479 g/mol. The highest BCUT2D eigenvalue weighted by atomic mass is 19.1. The van der Waals surface area contributed by atoms with Gasteiger partial charge in [-0.2, -0.15) is 9.97 Å². The summed E-state index contributed by atoms with van der Waals surface area (Å²) in [5, 5.41) is 20.8. The molecule has 0 atom stereocenters. The summed E-state index contributed by atoms with van der Waals surface area (Å²) in [6.45, 7) is 4.36. The maximum atomic E-state index is 14.7. The number of hydrogen-bond acceptors (Lipinski definition) is 4. The molecule has 0 spiro atoms. The average Bonchev–Trinajstić information content (AvgIpc) is 2.85. The lowest BCUT2D eigenvalue weighted by molar-refractivity contribution is 0.408. The van der Waals surface area contributed by atoms with Crippen LogP contribution in [0, 0.1) is 5.82 Å². The zero-order valence-corrected chi connectivity index (χ0v) is 21.2. The second-order valence-electron chi connectivity index (χ2n) is 9.39. The van der Waals surface area contributed by atoms with Gasteiger partial charge in [-0.25, -0.2) is 4.39 Å². The van der Waals surface area contributed by atoms with Gasteiger partial charge in [0.25, 0.3) is 0 Å². The topological polar surface area (TPSA) is 66.2 Å². The Morgan fingerprint density at radius 2 is 1.20 bits per heavy atom. The third-order valence-corrected chi connectivity index (χ3v) is 6.55. The third-order valence-electron chi connectivity index (χ3n) is 6.55. The summed E-state index contributed by atoms with van der Waals surface area (Å²) >= 11 is 0. The van der Waals surface area contributed by atoms with Crippen molar-refractivity contribution in [3.8, 4) is 34.3 Å². The molecule has 0 aliphatic carbocycles. The molecule has 0 saturated heterocycles. The van der Waals surface area contributed by atoms with Gasteiger partial charge in [0.1, 0.15) is 5.82 Å². The first kappa shape index (κ1) is 26.7. The number of aromatic nitrogens is 2. The number of aryl methyl sites for hydroxylation is 1. The Kier molecular flexibility index (Phi) is 10.5. The zero-order valence-electron chi connectivity index (χ0n) is 21.2. The predicted molar refractivity (Wildman–Crippen MR) is 141 cm³/mol. The summed E-state index contributed by atoms with van der Waals surface area (Å²) in [6, 6.07) is 12.6. The third kappa shape index (κ3) is 7.78. The van der Waals surface area contributed by atoms with Crippen molar-refractivity contribution < 1.29 is 14.6 Å². The zero-order chi connectivity index (χ0) is 25.0. The highest BCUT2D eigenvalue weighted by Gasteiger charge is 2.15. The van der Waals surface area contributed by atoms with Crippen LogP contribution in [0.2, 0.25) is 0 Å². The fourth-order valence-corrected chi connectivity index (χ4v) is 4.40. The molecule has 0 aliphatic rings. The Balaban J connectivity index is 1.64. The highest BCUT2D eigenvalue weighted by molar-refractivity contribution is 5.68. The Labute approximate surface area is 209 Å². The molecule has 0 unspecified atom stereocenters. The summed E-state index contributed by atoms with van der Waals surface area (Å²) in [5.74, 6) is -0.325. The number of benzene rings is 2. The van der Waals surface area contributed by atoms with Gasteiger partial charge in [0.15, 0.2) is 5.82 Å².